The van der Waals surface area contributed by atoms with Crippen molar-refractivity contribution >= 4 is 28.5 Å². The lowest BCUT2D eigenvalue weighted by atomic mass is 10.1. The third-order valence-electron chi connectivity index (χ3n) is 4.77. The molecule has 3 amide bonds. The van der Waals surface area contributed by atoms with Crippen LogP contribution in [0.5, 0.6) is 11.5 Å². The number of para-hydroxylation sites is 1. The summed E-state index contributed by atoms with van der Waals surface area (Å²) < 4.78 is 46.1. The molecule has 31 heavy (non-hydrogen) atoms. The van der Waals surface area contributed by atoms with E-state index in [1.54, 1.807) is 24.4 Å². The molecule has 0 unspecified atom stereocenters. The van der Waals surface area contributed by atoms with Crippen molar-refractivity contribution in [2.45, 2.75) is 12.9 Å². The molecule has 1 aliphatic heterocycles. The van der Waals surface area contributed by atoms with Gasteiger partial charge in [0.15, 0.2) is 0 Å². The van der Waals surface area contributed by atoms with Crippen molar-refractivity contribution < 1.29 is 32.2 Å². The van der Waals surface area contributed by atoms with E-state index in [4.69, 9.17) is 4.74 Å². The van der Waals surface area contributed by atoms with Gasteiger partial charge in [-0.05, 0) is 42.0 Å². The van der Waals surface area contributed by atoms with Crippen LogP contribution in [0.25, 0.3) is 10.9 Å². The van der Waals surface area contributed by atoms with Crippen molar-refractivity contribution in [1.82, 2.24) is 9.88 Å². The number of urea groups is 1. The second kappa shape index (κ2) is 7.78. The number of anilines is 1. The van der Waals surface area contributed by atoms with Crippen LogP contribution in [0.2, 0.25) is 0 Å². The molecule has 10 heteroatoms. The molecule has 0 bridgehead atoms. The molecule has 2 heterocycles. The number of nitrogens with zero attached hydrogens (tertiary/aromatic N) is 3. The molecule has 160 valence electrons. The average Bonchev–Trinajstić information content (AvgIpc) is 3.00. The largest absolute Gasteiger partial charge is 0.573 e. The maximum atomic E-state index is 12.9. The molecular weight excluding hydrogens is 415 g/mol. The van der Waals surface area contributed by atoms with Gasteiger partial charge in [-0.2, -0.15) is 0 Å². The van der Waals surface area contributed by atoms with Gasteiger partial charge in [0, 0.05) is 18.1 Å². The molecule has 0 radical (unpaired) electrons. The summed E-state index contributed by atoms with van der Waals surface area (Å²) in [5, 5.41) is 0.786. The summed E-state index contributed by atoms with van der Waals surface area (Å²) in [6, 6.07) is 11.2. The first kappa shape index (κ1) is 20.5. The first-order valence-corrected chi connectivity index (χ1v) is 9.15. The van der Waals surface area contributed by atoms with Crippen LogP contribution in [-0.2, 0) is 11.3 Å². The molecule has 0 saturated carbocycles. The average molecular weight is 431 g/mol. The first-order chi connectivity index (χ1) is 14.8. The van der Waals surface area contributed by atoms with Gasteiger partial charge in [-0.25, -0.2) is 9.69 Å². The SMILES string of the molecule is COc1cccc2c(CN3CC(=O)N(c4ccc(OC(F)(F)F)cc4)C3=O)ccnc12. The topological polar surface area (TPSA) is 72.0 Å². The molecule has 0 N–H and O–H groups in total. The fraction of sp³-hybridized carbons (Fsp3) is 0.190. The number of alkyl halides is 3. The number of rotatable bonds is 5. The van der Waals surface area contributed by atoms with Crippen LogP contribution in [0.3, 0.4) is 0 Å². The third kappa shape index (κ3) is 4.09. The van der Waals surface area contributed by atoms with Crippen LogP contribution in [-0.4, -0.2) is 41.8 Å². The predicted molar refractivity (Wildman–Crippen MR) is 105 cm³/mol. The molecule has 1 saturated heterocycles. The summed E-state index contributed by atoms with van der Waals surface area (Å²) >= 11 is 0. The number of amides is 3. The van der Waals surface area contributed by atoms with Crippen LogP contribution in [0.15, 0.2) is 54.7 Å². The molecule has 1 aliphatic rings. The fourth-order valence-corrected chi connectivity index (χ4v) is 3.44. The number of carbonyl (C=O) groups is 2. The molecule has 1 aromatic heterocycles. The summed E-state index contributed by atoms with van der Waals surface area (Å²) in [7, 11) is 1.54. The van der Waals surface area contributed by atoms with Gasteiger partial charge in [-0.1, -0.05) is 12.1 Å². The van der Waals surface area contributed by atoms with E-state index in [1.165, 1.54) is 24.1 Å². The van der Waals surface area contributed by atoms with E-state index in [-0.39, 0.29) is 18.8 Å². The van der Waals surface area contributed by atoms with E-state index in [0.29, 0.717) is 11.3 Å². The number of fused-ring (bicyclic) bond motifs is 1. The summed E-state index contributed by atoms with van der Waals surface area (Å²) in [6.45, 7) is -0.00402. The van der Waals surface area contributed by atoms with E-state index >= 15 is 0 Å². The summed E-state index contributed by atoms with van der Waals surface area (Å²) in [5.74, 6) is -0.333. The van der Waals surface area contributed by atoms with Gasteiger partial charge in [-0.15, -0.1) is 13.2 Å². The summed E-state index contributed by atoms with van der Waals surface area (Å²) in [4.78, 5) is 32.0. The smallest absolute Gasteiger partial charge is 0.494 e. The van der Waals surface area contributed by atoms with Gasteiger partial charge < -0.3 is 14.4 Å². The van der Waals surface area contributed by atoms with Crippen LogP contribution in [0.1, 0.15) is 5.56 Å². The highest BCUT2D eigenvalue weighted by atomic mass is 19.4. The van der Waals surface area contributed by atoms with E-state index < -0.39 is 24.1 Å². The predicted octanol–water partition coefficient (Wildman–Crippen LogP) is 4.11. The number of carbonyl (C=O) groups excluding carboxylic acids is 2. The molecular formula is C21H16F3N3O4. The Morgan fingerprint density at radius 3 is 2.48 bits per heavy atom. The maximum Gasteiger partial charge on any atom is 0.573 e. The molecule has 0 spiro atoms. The quantitative estimate of drug-likeness (QED) is 0.569. The Morgan fingerprint density at radius 2 is 1.81 bits per heavy atom. The Labute approximate surface area is 174 Å². The highest BCUT2D eigenvalue weighted by molar-refractivity contribution is 6.19. The standard InChI is InChI=1S/C21H16F3N3O4/c1-30-17-4-2-3-16-13(9-10-25-19(16)17)11-26-12-18(28)27(20(26)29)14-5-7-15(8-6-14)31-21(22,23)24/h2-10H,11-12H2,1H3. The third-order valence-corrected chi connectivity index (χ3v) is 4.77. The van der Waals surface area contributed by atoms with E-state index in [0.717, 1.165) is 28.0 Å². The number of hydrogen-bond donors (Lipinski definition) is 0. The fourth-order valence-electron chi connectivity index (χ4n) is 3.44. The van der Waals surface area contributed by atoms with Crippen LogP contribution in [0.4, 0.5) is 23.7 Å². The Bertz CT molecular complexity index is 1150. The number of ether oxygens (including phenoxy) is 2. The zero-order chi connectivity index (χ0) is 22.2. The molecule has 4 rings (SSSR count). The highest BCUT2D eigenvalue weighted by Crippen LogP contribution is 2.30. The Morgan fingerprint density at radius 1 is 1.06 bits per heavy atom. The van der Waals surface area contributed by atoms with Crippen LogP contribution >= 0.6 is 0 Å². The minimum Gasteiger partial charge on any atom is -0.494 e. The number of methoxy groups -OCH3 is 1. The monoisotopic (exact) mass is 431 g/mol. The lowest BCUT2D eigenvalue weighted by molar-refractivity contribution is -0.274. The molecule has 1 fully saturated rings. The van der Waals surface area contributed by atoms with Crippen LogP contribution in [0, 0.1) is 0 Å². The van der Waals surface area contributed by atoms with E-state index in [2.05, 4.69) is 9.72 Å². The van der Waals surface area contributed by atoms with E-state index in [9.17, 15) is 22.8 Å². The number of benzene rings is 2. The van der Waals surface area contributed by atoms with Crippen molar-refractivity contribution in [3.63, 3.8) is 0 Å². The Hall–Kier alpha value is -3.82. The number of aromatic nitrogens is 1. The van der Waals surface area contributed by atoms with E-state index in [1.807, 2.05) is 6.07 Å². The maximum absolute atomic E-state index is 12.9. The van der Waals surface area contributed by atoms with Gasteiger partial charge in [0.25, 0.3) is 5.91 Å². The normalized spacial score (nSPS) is 14.5. The van der Waals surface area contributed by atoms with Crippen LogP contribution < -0.4 is 14.4 Å². The van der Waals surface area contributed by atoms with Crippen molar-refractivity contribution in [2.75, 3.05) is 18.6 Å². The lowest BCUT2D eigenvalue weighted by Crippen LogP contribution is -2.32. The molecule has 0 aliphatic carbocycles. The molecule has 0 atom stereocenters. The van der Waals surface area contributed by atoms with Crippen molar-refractivity contribution in [1.29, 1.82) is 0 Å². The zero-order valence-corrected chi connectivity index (χ0v) is 16.2. The Kier molecular flexibility index (Phi) is 5.14. The van der Waals surface area contributed by atoms with Gasteiger partial charge in [0.2, 0.25) is 0 Å². The minimum absolute atomic E-state index is 0.155. The van der Waals surface area contributed by atoms with Gasteiger partial charge in [-0.3, -0.25) is 9.78 Å². The highest BCUT2D eigenvalue weighted by Gasteiger charge is 2.37. The first-order valence-electron chi connectivity index (χ1n) is 9.15. The molecule has 7 nitrogen and oxygen atoms in total. The van der Waals surface area contributed by atoms with Gasteiger partial charge in [0.1, 0.15) is 23.6 Å². The van der Waals surface area contributed by atoms with Crippen molar-refractivity contribution in [3.05, 3.63) is 60.3 Å². The number of imide groups is 1. The van der Waals surface area contributed by atoms with Gasteiger partial charge >= 0.3 is 12.4 Å². The second-order valence-electron chi connectivity index (χ2n) is 6.74. The molecule has 2 aromatic carbocycles. The zero-order valence-electron chi connectivity index (χ0n) is 16.2. The lowest BCUT2D eigenvalue weighted by Gasteiger charge is -2.18. The van der Waals surface area contributed by atoms with Gasteiger partial charge in [0.05, 0.1) is 12.8 Å². The Balaban J connectivity index is 1.56. The second-order valence-corrected chi connectivity index (χ2v) is 6.74. The molecule has 3 aromatic rings. The number of halogens is 3. The number of pyridine rings is 1. The summed E-state index contributed by atoms with van der Waals surface area (Å²) in [5.41, 5.74) is 1.58. The van der Waals surface area contributed by atoms with Crippen molar-refractivity contribution in [3.8, 4) is 11.5 Å². The number of hydrogen-bond acceptors (Lipinski definition) is 5. The van der Waals surface area contributed by atoms with Crippen molar-refractivity contribution in [2.24, 2.45) is 0 Å². The minimum atomic E-state index is -4.83. The summed E-state index contributed by atoms with van der Waals surface area (Å²) in [6.07, 6.45) is -3.23.